The highest BCUT2D eigenvalue weighted by Crippen LogP contribution is 2.29. The molecule has 26 heavy (non-hydrogen) atoms. The van der Waals surface area contributed by atoms with Gasteiger partial charge in [-0.25, -0.2) is 4.39 Å². The van der Waals surface area contributed by atoms with Crippen molar-refractivity contribution in [2.45, 2.75) is 54.9 Å². The van der Waals surface area contributed by atoms with Gasteiger partial charge in [0.1, 0.15) is 11.9 Å². The smallest absolute Gasteiger partial charge is 0.262 e. The molecule has 1 rings (SSSR count). The lowest BCUT2D eigenvalue weighted by atomic mass is 9.89. The van der Waals surface area contributed by atoms with Crippen molar-refractivity contribution in [1.82, 2.24) is 0 Å². The minimum atomic E-state index is -0.662. The molecular weight excluding hydrogens is 332 g/mol. The molecular formula is C22H31F2NO. The van der Waals surface area contributed by atoms with Crippen molar-refractivity contribution < 1.29 is 13.6 Å². The molecule has 0 atom stereocenters. The summed E-state index contributed by atoms with van der Waals surface area (Å²) in [6.45, 7) is 17.5. The first kappa shape index (κ1) is 26.0. The number of halogens is 2. The van der Waals surface area contributed by atoms with Gasteiger partial charge in [0.25, 0.3) is 5.78 Å². The SMILES string of the molecule is C=C(/C(=C\C)C(=O)C#N)c1cc(F)c(C)c(C)c1C.CCC(C)C.CF. The van der Waals surface area contributed by atoms with E-state index in [2.05, 4.69) is 27.4 Å². The van der Waals surface area contributed by atoms with E-state index in [4.69, 9.17) is 5.26 Å². The Hall–Kier alpha value is -2.28. The maximum absolute atomic E-state index is 13.8. The molecule has 0 radical (unpaired) electrons. The molecule has 144 valence electrons. The van der Waals surface area contributed by atoms with Gasteiger partial charge in [-0.05, 0) is 67.5 Å². The molecule has 1 aromatic rings. The second-order valence-corrected chi connectivity index (χ2v) is 6.20. The monoisotopic (exact) mass is 363 g/mol. The van der Waals surface area contributed by atoms with Crippen molar-refractivity contribution in [2.24, 2.45) is 5.92 Å². The maximum atomic E-state index is 13.8. The van der Waals surface area contributed by atoms with Crippen LogP contribution in [0.3, 0.4) is 0 Å². The number of nitrogens with zero attached hydrogens (tertiary/aromatic N) is 1. The van der Waals surface area contributed by atoms with E-state index < -0.39 is 5.78 Å². The number of hydrogen-bond acceptors (Lipinski definition) is 2. The first-order valence-electron chi connectivity index (χ1n) is 8.56. The number of nitriles is 1. The number of alkyl halides is 1. The molecule has 0 fully saturated rings. The van der Waals surface area contributed by atoms with Gasteiger partial charge in [-0.2, -0.15) is 5.26 Å². The molecule has 1 aromatic carbocycles. The summed E-state index contributed by atoms with van der Waals surface area (Å²) in [5.74, 6) is -0.111. The first-order valence-corrected chi connectivity index (χ1v) is 8.56. The van der Waals surface area contributed by atoms with E-state index >= 15 is 0 Å². The number of benzene rings is 1. The summed E-state index contributed by atoms with van der Waals surface area (Å²) < 4.78 is 23.3. The minimum absolute atomic E-state index is 0.216. The van der Waals surface area contributed by atoms with Crippen molar-refractivity contribution in [2.75, 3.05) is 7.18 Å². The highest BCUT2D eigenvalue weighted by molar-refractivity contribution is 6.17. The molecule has 4 heteroatoms. The van der Waals surface area contributed by atoms with E-state index in [0.29, 0.717) is 23.9 Å². The van der Waals surface area contributed by atoms with E-state index in [1.807, 2.05) is 13.8 Å². The fraction of sp³-hybridized carbons (Fsp3) is 0.455. The summed E-state index contributed by atoms with van der Waals surface area (Å²) >= 11 is 0. The zero-order valence-corrected chi connectivity index (χ0v) is 17.3. The lowest BCUT2D eigenvalue weighted by molar-refractivity contribution is -0.110. The van der Waals surface area contributed by atoms with Gasteiger partial charge in [0.05, 0.1) is 7.18 Å². The fourth-order valence-corrected chi connectivity index (χ4v) is 1.97. The predicted octanol–water partition coefficient (Wildman–Crippen LogP) is 6.44. The van der Waals surface area contributed by atoms with Crippen LogP contribution >= 0.6 is 0 Å². The number of ketones is 1. The minimum Gasteiger partial charge on any atom is -0.277 e. The van der Waals surface area contributed by atoms with Gasteiger partial charge in [0.15, 0.2) is 0 Å². The Bertz CT molecular complexity index is 695. The average Bonchev–Trinajstić information content (AvgIpc) is 2.65. The number of carbonyl (C=O) groups is 1. The Labute approximate surface area is 157 Å². The summed E-state index contributed by atoms with van der Waals surface area (Å²) in [6, 6.07) is 2.93. The van der Waals surface area contributed by atoms with Gasteiger partial charge in [0, 0.05) is 5.57 Å². The van der Waals surface area contributed by atoms with Crippen LogP contribution < -0.4 is 0 Å². The molecule has 0 aliphatic heterocycles. The summed E-state index contributed by atoms with van der Waals surface area (Å²) in [7, 11) is 0.500. The van der Waals surface area contributed by atoms with Crippen LogP contribution in [-0.4, -0.2) is 13.0 Å². The molecule has 0 amide bonds. The van der Waals surface area contributed by atoms with Crippen LogP contribution in [0.5, 0.6) is 0 Å². The molecule has 0 bridgehead atoms. The first-order chi connectivity index (χ1) is 12.1. The van der Waals surface area contributed by atoms with E-state index in [-0.39, 0.29) is 11.4 Å². The largest absolute Gasteiger partial charge is 0.277 e. The van der Waals surface area contributed by atoms with Gasteiger partial charge in [-0.3, -0.25) is 9.18 Å². The zero-order chi connectivity index (χ0) is 21.0. The lowest BCUT2D eigenvalue weighted by Gasteiger charge is -2.15. The van der Waals surface area contributed by atoms with E-state index in [9.17, 15) is 13.6 Å². The van der Waals surface area contributed by atoms with Crippen LogP contribution in [0, 0.1) is 43.8 Å². The third-order valence-corrected chi connectivity index (χ3v) is 4.26. The van der Waals surface area contributed by atoms with Gasteiger partial charge in [-0.1, -0.05) is 39.8 Å². The molecule has 0 N–H and O–H groups in total. The van der Waals surface area contributed by atoms with Crippen molar-refractivity contribution >= 4 is 11.4 Å². The second-order valence-electron chi connectivity index (χ2n) is 6.20. The Morgan fingerprint density at radius 1 is 1.23 bits per heavy atom. The molecule has 0 spiro atoms. The van der Waals surface area contributed by atoms with E-state index in [0.717, 1.165) is 17.0 Å². The number of rotatable bonds is 4. The number of Topliss-reactive ketones (excluding diaryl/α,β-unsaturated/α-hetero) is 1. The average molecular weight is 363 g/mol. The van der Waals surface area contributed by atoms with Crippen molar-refractivity contribution in [3.63, 3.8) is 0 Å². The number of carbonyl (C=O) groups excluding carboxylic acids is 1. The normalized spacial score (nSPS) is 10.2. The highest BCUT2D eigenvalue weighted by atomic mass is 19.1. The maximum Gasteiger partial charge on any atom is 0.262 e. The van der Waals surface area contributed by atoms with Crippen LogP contribution in [0.4, 0.5) is 8.78 Å². The summed E-state index contributed by atoms with van der Waals surface area (Å²) in [4.78, 5) is 11.5. The van der Waals surface area contributed by atoms with Crippen LogP contribution in [0.15, 0.2) is 24.3 Å². The number of hydrogen-bond donors (Lipinski definition) is 0. The summed E-state index contributed by atoms with van der Waals surface area (Å²) in [5.41, 5.74) is 3.45. The molecule has 2 nitrogen and oxygen atoms in total. The van der Waals surface area contributed by atoms with Gasteiger partial charge in [-0.15, -0.1) is 0 Å². The standard InChI is InChI=1S/C16H16FNO.C5H12.CH3F/c1-6-13(16(19)8-18)12(5)14-7-15(17)11(4)9(2)10(14)3;1-4-5(2)3;1-2/h6-7H,5H2,1-4H3;5H,4H2,1-3H3;1H3/b13-6+;;. The second kappa shape index (κ2) is 13.0. The highest BCUT2D eigenvalue weighted by Gasteiger charge is 2.17. The Morgan fingerprint density at radius 2 is 1.69 bits per heavy atom. The quantitative estimate of drug-likeness (QED) is 0.351. The van der Waals surface area contributed by atoms with Crippen LogP contribution in [-0.2, 0) is 4.79 Å². The van der Waals surface area contributed by atoms with Crippen molar-refractivity contribution in [1.29, 1.82) is 5.26 Å². The molecule has 0 heterocycles. The molecule has 0 saturated carbocycles. The van der Waals surface area contributed by atoms with Gasteiger partial charge >= 0.3 is 0 Å². The summed E-state index contributed by atoms with van der Waals surface area (Å²) in [5, 5.41) is 8.70. The molecule has 0 aliphatic rings. The van der Waals surface area contributed by atoms with Crippen molar-refractivity contribution in [3.05, 3.63) is 52.4 Å². The Kier molecular flexibility index (Phi) is 13.0. The number of allylic oxidation sites excluding steroid dienone is 3. The fourth-order valence-electron chi connectivity index (χ4n) is 1.97. The third kappa shape index (κ3) is 7.31. The van der Waals surface area contributed by atoms with Crippen LogP contribution in [0.1, 0.15) is 56.4 Å². The molecule has 0 unspecified atom stereocenters. The van der Waals surface area contributed by atoms with E-state index in [1.165, 1.54) is 18.6 Å². The van der Waals surface area contributed by atoms with Crippen LogP contribution in [0.2, 0.25) is 0 Å². The van der Waals surface area contributed by atoms with Gasteiger partial charge in [0.2, 0.25) is 0 Å². The lowest BCUT2D eigenvalue weighted by Crippen LogP contribution is -2.04. The third-order valence-electron chi connectivity index (χ3n) is 4.26. The predicted molar refractivity (Wildman–Crippen MR) is 106 cm³/mol. The topological polar surface area (TPSA) is 40.9 Å². The zero-order valence-electron chi connectivity index (χ0n) is 17.3. The van der Waals surface area contributed by atoms with Gasteiger partial charge < -0.3 is 0 Å². The Morgan fingerprint density at radius 3 is 2.04 bits per heavy atom. The van der Waals surface area contributed by atoms with Crippen LogP contribution in [0.25, 0.3) is 5.57 Å². The van der Waals surface area contributed by atoms with Crippen molar-refractivity contribution in [3.8, 4) is 6.07 Å². The molecule has 0 saturated heterocycles. The molecule has 0 aliphatic carbocycles. The summed E-state index contributed by atoms with van der Waals surface area (Å²) in [6.07, 6.45) is 2.83. The molecule has 0 aromatic heterocycles. The Balaban J connectivity index is 0. The van der Waals surface area contributed by atoms with E-state index in [1.54, 1.807) is 19.9 Å².